The van der Waals surface area contributed by atoms with Gasteiger partial charge < -0.3 is 45.1 Å². The second-order valence-electron chi connectivity index (χ2n) is 19.0. The number of cyclic esters (lactones) is 1. The van der Waals surface area contributed by atoms with Crippen LogP contribution in [0.1, 0.15) is 174 Å². The van der Waals surface area contributed by atoms with Gasteiger partial charge in [-0.25, -0.2) is 13.9 Å². The summed E-state index contributed by atoms with van der Waals surface area (Å²) in [4.78, 5) is 78.0. The zero-order chi connectivity index (χ0) is 54.2. The van der Waals surface area contributed by atoms with E-state index in [1.165, 1.54) is 69.0 Å². The lowest BCUT2D eigenvalue weighted by atomic mass is 9.88. The number of anilines is 1. The number of fused-ring (bicyclic) bond motifs is 3. The molecule has 2 bridgehead atoms. The first-order valence-electron chi connectivity index (χ1n) is 26.7. The predicted octanol–water partition coefficient (Wildman–Crippen LogP) is 8.95. The Morgan fingerprint density at radius 3 is 2.14 bits per heavy atom. The minimum Gasteiger partial charge on any atom is -0.462 e. The highest BCUT2D eigenvalue weighted by Gasteiger charge is 2.42. The molecule has 20 nitrogen and oxygen atoms in total. The van der Waals surface area contributed by atoms with Crippen LogP contribution in [-0.4, -0.2) is 103 Å². The molecule has 2 aliphatic heterocycles. The number of ether oxygens (including phenoxy) is 3. The molecule has 3 rings (SSSR count). The third kappa shape index (κ3) is 26.9. The number of nitrogens with two attached hydrogens (primary N) is 1. The summed E-state index contributed by atoms with van der Waals surface area (Å²) < 4.78 is 59.2. The van der Waals surface area contributed by atoms with E-state index >= 15 is 0 Å². The molecule has 22 heteroatoms. The second kappa shape index (κ2) is 36.4. The second-order valence-corrected chi connectivity index (χ2v) is 22.1. The molecule has 0 amide bonds. The molecular formula is C52H85N3O17P2. The number of rotatable bonds is 25. The number of aliphatic hydroxyl groups is 3. The molecule has 0 aromatic carbocycles. The van der Waals surface area contributed by atoms with E-state index in [0.717, 1.165) is 74.9 Å². The van der Waals surface area contributed by atoms with Crippen LogP contribution in [0.3, 0.4) is 0 Å². The van der Waals surface area contributed by atoms with Gasteiger partial charge in [0.25, 0.3) is 0 Å². The first-order chi connectivity index (χ1) is 35.4. The standard InChI is InChI=1S/C52H85N3O17P2/c1-3-5-7-8-9-10-11-12-13-14-15-16-17-18-19-20-26-30-48(59)70-42-37-67-47(58)29-25-22-21-24-27-40-31-34-44(57)43(33-32-41(56)28-23-6-4-2)49(60)50(61)45(39-69-74(65,66)72-73(63,64)68-38-42)71-51(40)55-36-35-46(53)54-52(55)62/h12-13,21,24,31-36,40-43,45,49-51,56,60-61H,3-11,14-20,22-23,25-30,37-39H2,1-2H3,(H,63,64)(H,65,66)(H2,53,54,62)/b13-12-,24-21-,33-32+,34-31-/t40-,41-,42+,43-,45+,49-,50+,51+/m0/s1. The Morgan fingerprint density at radius 1 is 0.851 bits per heavy atom. The molecule has 2 unspecified atom stereocenters. The molecule has 0 radical (unpaired) electrons. The van der Waals surface area contributed by atoms with Crippen molar-refractivity contribution in [1.82, 2.24) is 9.55 Å². The quantitative estimate of drug-likeness (QED) is 0.0230. The number of allylic oxidation sites excluding steroid dienone is 5. The van der Waals surface area contributed by atoms with Gasteiger partial charge in [0, 0.05) is 25.0 Å². The number of ketones is 1. The lowest BCUT2D eigenvalue weighted by molar-refractivity contribution is -0.167. The summed E-state index contributed by atoms with van der Waals surface area (Å²) in [7, 11) is -11.2. The number of phosphoric acid groups is 2. The summed E-state index contributed by atoms with van der Waals surface area (Å²) in [6.45, 7) is 1.56. The van der Waals surface area contributed by atoms with E-state index in [1.807, 2.05) is 6.92 Å². The van der Waals surface area contributed by atoms with Crippen molar-refractivity contribution in [2.24, 2.45) is 11.8 Å². The number of hydrogen-bond donors (Lipinski definition) is 6. The van der Waals surface area contributed by atoms with Crippen molar-refractivity contribution in [3.05, 3.63) is 71.4 Å². The van der Waals surface area contributed by atoms with Crippen molar-refractivity contribution >= 4 is 39.2 Å². The van der Waals surface area contributed by atoms with Gasteiger partial charge in [-0.1, -0.05) is 140 Å². The van der Waals surface area contributed by atoms with Crippen molar-refractivity contribution in [3.8, 4) is 0 Å². The van der Waals surface area contributed by atoms with Crippen LogP contribution in [0.4, 0.5) is 5.82 Å². The van der Waals surface area contributed by atoms with Crippen LogP contribution in [-0.2, 0) is 51.1 Å². The Kier molecular flexibility index (Phi) is 31.8. The monoisotopic (exact) mass is 1090 g/mol. The van der Waals surface area contributed by atoms with Crippen molar-refractivity contribution in [3.63, 3.8) is 0 Å². The van der Waals surface area contributed by atoms with E-state index in [1.54, 1.807) is 12.2 Å². The summed E-state index contributed by atoms with van der Waals surface area (Å²) >= 11 is 0. The minimum absolute atomic E-state index is 0.00408. The van der Waals surface area contributed by atoms with Gasteiger partial charge in [0.05, 0.1) is 31.3 Å². The smallest absolute Gasteiger partial charge is 0.462 e. The largest absolute Gasteiger partial charge is 0.481 e. The summed E-state index contributed by atoms with van der Waals surface area (Å²) in [6, 6.07) is 1.28. The molecule has 1 aromatic rings. The molecule has 3 heterocycles. The Balaban J connectivity index is 1.74. The van der Waals surface area contributed by atoms with Gasteiger partial charge in [0.1, 0.15) is 30.9 Å². The molecule has 2 aliphatic rings. The first kappa shape index (κ1) is 64.6. The highest BCUT2D eigenvalue weighted by atomic mass is 31.3. The molecule has 0 saturated carbocycles. The zero-order valence-corrected chi connectivity index (χ0v) is 45.3. The number of esters is 2. The van der Waals surface area contributed by atoms with Gasteiger partial charge in [-0.05, 0) is 69.9 Å². The van der Waals surface area contributed by atoms with Crippen molar-refractivity contribution in [2.45, 2.75) is 205 Å². The number of phosphoric ester groups is 2. The van der Waals surface area contributed by atoms with Crippen molar-refractivity contribution < 1.29 is 76.2 Å². The van der Waals surface area contributed by atoms with E-state index in [0.29, 0.717) is 32.1 Å². The molecule has 0 saturated heterocycles. The summed E-state index contributed by atoms with van der Waals surface area (Å²) in [5.41, 5.74) is 4.84. The number of carbonyl (C=O) groups excluding carboxylic acids is 3. The Morgan fingerprint density at radius 2 is 1.47 bits per heavy atom. The SMILES string of the molecule is CCCCCCCC/C=C\CCCCCCCCCC(=O)O[C@@H]1COC(=O)CCC/C=C\C[C@H]2/C=C\C(=O)[C@H](/C=C/[C@@H](O)CCCCC)[C@H](O)[C@H](O)[C@@H](COP(=O)(O)OP(=O)(O)OC1)O[C@H]2n1ccc(N)nc1=O. The van der Waals surface area contributed by atoms with Gasteiger partial charge in [0.2, 0.25) is 0 Å². The lowest BCUT2D eigenvalue weighted by Crippen LogP contribution is -2.49. The number of aliphatic hydroxyl groups excluding tert-OH is 3. The lowest BCUT2D eigenvalue weighted by Gasteiger charge is -2.36. The van der Waals surface area contributed by atoms with Gasteiger partial charge in [-0.15, -0.1) is 0 Å². The maximum Gasteiger partial charge on any atom is 0.481 e. The highest BCUT2D eigenvalue weighted by molar-refractivity contribution is 7.61. The topological polar surface area (TPSA) is 303 Å². The predicted molar refractivity (Wildman–Crippen MR) is 279 cm³/mol. The maximum atomic E-state index is 13.8. The zero-order valence-electron chi connectivity index (χ0n) is 43.5. The first-order valence-corrected chi connectivity index (χ1v) is 29.7. The summed E-state index contributed by atoms with van der Waals surface area (Å²) in [6.07, 6.45) is 24.3. The van der Waals surface area contributed by atoms with E-state index in [4.69, 9.17) is 29.0 Å². The Hall–Kier alpha value is -3.65. The fourth-order valence-corrected chi connectivity index (χ4v) is 10.4. The van der Waals surface area contributed by atoms with E-state index in [2.05, 4.69) is 28.4 Å². The number of nitrogens with zero attached hydrogens (tertiary/aromatic N) is 2. The Labute approximate surface area is 437 Å². The van der Waals surface area contributed by atoms with Crippen molar-refractivity contribution in [2.75, 3.05) is 25.6 Å². The van der Waals surface area contributed by atoms with E-state index in [-0.39, 0.29) is 25.1 Å². The van der Waals surface area contributed by atoms with Crippen LogP contribution < -0.4 is 11.4 Å². The number of hydrogen-bond acceptors (Lipinski definition) is 17. The van der Waals surface area contributed by atoms with Gasteiger partial charge in [0.15, 0.2) is 11.9 Å². The molecule has 420 valence electrons. The molecule has 0 aliphatic carbocycles. The third-order valence-electron chi connectivity index (χ3n) is 12.6. The molecule has 0 spiro atoms. The van der Waals surface area contributed by atoms with Crippen LogP contribution in [0, 0.1) is 11.8 Å². The highest BCUT2D eigenvalue weighted by Crippen LogP contribution is 2.60. The average Bonchev–Trinajstić information content (AvgIpc) is 3.34. The molecule has 10 atom stereocenters. The number of unbranched alkanes of at least 4 members (excludes halogenated alkanes) is 15. The van der Waals surface area contributed by atoms with Gasteiger partial charge in [-0.3, -0.25) is 28.0 Å². The van der Waals surface area contributed by atoms with Crippen LogP contribution in [0.5, 0.6) is 0 Å². The number of aromatic nitrogens is 2. The van der Waals surface area contributed by atoms with E-state index < -0.39 is 107 Å². The van der Waals surface area contributed by atoms with Crippen LogP contribution >= 0.6 is 15.6 Å². The van der Waals surface area contributed by atoms with Crippen LogP contribution in [0.15, 0.2) is 65.7 Å². The molecule has 0 fully saturated rings. The van der Waals surface area contributed by atoms with Crippen LogP contribution in [0.25, 0.3) is 0 Å². The van der Waals surface area contributed by atoms with Crippen molar-refractivity contribution in [1.29, 1.82) is 0 Å². The van der Waals surface area contributed by atoms with Crippen LogP contribution in [0.2, 0.25) is 0 Å². The van der Waals surface area contributed by atoms with Gasteiger partial charge in [-0.2, -0.15) is 9.29 Å². The molecule has 1 aromatic heterocycles. The maximum absolute atomic E-state index is 13.8. The molecular weight excluding hydrogens is 1000 g/mol. The minimum atomic E-state index is -5.68. The molecule has 7 N–H and O–H groups in total. The number of carbonyl (C=O) groups is 3. The number of nitrogen functional groups attached to an aromatic ring is 1. The third-order valence-corrected chi connectivity index (χ3v) is 15.2. The fraction of sp³-hybridized carbons (Fsp3) is 0.712. The average molecular weight is 1090 g/mol. The summed E-state index contributed by atoms with van der Waals surface area (Å²) in [5.74, 6) is -4.69. The Bertz CT molecular complexity index is 2080. The fourth-order valence-electron chi connectivity index (χ4n) is 8.34. The normalized spacial score (nSPS) is 28.6. The summed E-state index contributed by atoms with van der Waals surface area (Å²) in [5, 5.41) is 33.9. The van der Waals surface area contributed by atoms with Gasteiger partial charge >= 0.3 is 33.3 Å². The van der Waals surface area contributed by atoms with E-state index in [9.17, 15) is 53.4 Å². The molecule has 74 heavy (non-hydrogen) atoms.